The highest BCUT2D eigenvalue weighted by Crippen LogP contribution is 2.35. The molecule has 1 aliphatic carbocycles. The molecule has 3 aromatic rings. The number of aromatic nitrogens is 2. The average molecular weight is 474 g/mol. The number of carbonyl (C=O) groups excluding carboxylic acids is 1. The summed E-state index contributed by atoms with van der Waals surface area (Å²) in [5, 5.41) is 7.27. The van der Waals surface area contributed by atoms with Crippen LogP contribution in [-0.4, -0.2) is 16.0 Å². The molecule has 1 saturated carbocycles. The Labute approximate surface area is 183 Å². The van der Waals surface area contributed by atoms with Crippen LogP contribution in [0.2, 0.25) is 0 Å². The van der Waals surface area contributed by atoms with E-state index in [4.69, 9.17) is 13.7 Å². The van der Waals surface area contributed by atoms with Crippen molar-refractivity contribution in [3.05, 3.63) is 64.1 Å². The van der Waals surface area contributed by atoms with Crippen molar-refractivity contribution >= 4 is 21.8 Å². The third kappa shape index (κ3) is 4.75. The topological polar surface area (TPSA) is 90.4 Å². The first-order chi connectivity index (χ1) is 14.5. The Bertz CT molecular complexity index is 1010. The van der Waals surface area contributed by atoms with Crippen LogP contribution in [0.1, 0.15) is 66.6 Å². The van der Waals surface area contributed by atoms with Crippen molar-refractivity contribution in [2.75, 3.05) is 0 Å². The summed E-state index contributed by atoms with van der Waals surface area (Å²) in [5.74, 6) is 2.29. The van der Waals surface area contributed by atoms with Gasteiger partial charge in [-0.15, -0.1) is 0 Å². The monoisotopic (exact) mass is 473 g/mol. The van der Waals surface area contributed by atoms with E-state index < -0.39 is 5.54 Å². The minimum atomic E-state index is -0.634. The Morgan fingerprint density at radius 1 is 1.20 bits per heavy atom. The van der Waals surface area contributed by atoms with Gasteiger partial charge in [-0.05, 0) is 43.2 Å². The summed E-state index contributed by atoms with van der Waals surface area (Å²) in [6.45, 7) is 1.99. The number of ether oxygens (including phenoxy) is 1. The quantitative estimate of drug-likeness (QED) is 0.488. The minimum absolute atomic E-state index is 0.235. The summed E-state index contributed by atoms with van der Waals surface area (Å²) in [6, 6.07) is 11.0. The molecule has 2 aromatic heterocycles. The molecule has 0 aliphatic heterocycles. The molecule has 2 heterocycles. The van der Waals surface area contributed by atoms with Crippen molar-refractivity contribution in [3.8, 4) is 5.75 Å². The van der Waals surface area contributed by atoms with Crippen molar-refractivity contribution in [2.24, 2.45) is 0 Å². The zero-order valence-electron chi connectivity index (χ0n) is 16.8. The highest BCUT2D eigenvalue weighted by atomic mass is 79.9. The molecule has 30 heavy (non-hydrogen) atoms. The SMILES string of the molecule is Cc1nc(C2(NC(=O)c3ccc(COc4cccc(Br)c4)o3)CCCCCC2)no1. The summed E-state index contributed by atoms with van der Waals surface area (Å²) < 4.78 is 17.6. The van der Waals surface area contributed by atoms with Gasteiger partial charge in [0.2, 0.25) is 5.89 Å². The molecule has 0 radical (unpaired) electrons. The van der Waals surface area contributed by atoms with E-state index in [-0.39, 0.29) is 18.3 Å². The van der Waals surface area contributed by atoms with Crippen LogP contribution in [0.4, 0.5) is 0 Å². The molecule has 0 spiro atoms. The van der Waals surface area contributed by atoms with Gasteiger partial charge in [0.1, 0.15) is 23.7 Å². The number of hydrogen-bond donors (Lipinski definition) is 1. The Balaban J connectivity index is 1.46. The normalized spacial score (nSPS) is 16.1. The van der Waals surface area contributed by atoms with Crippen LogP contribution in [0.5, 0.6) is 5.75 Å². The van der Waals surface area contributed by atoms with Crippen molar-refractivity contribution in [2.45, 2.75) is 57.6 Å². The lowest BCUT2D eigenvalue weighted by Crippen LogP contribution is -2.46. The number of nitrogens with zero attached hydrogens (tertiary/aromatic N) is 2. The first-order valence-corrected chi connectivity index (χ1v) is 10.9. The van der Waals surface area contributed by atoms with Gasteiger partial charge in [0.15, 0.2) is 11.6 Å². The lowest BCUT2D eigenvalue weighted by Gasteiger charge is -2.30. The van der Waals surface area contributed by atoms with Gasteiger partial charge in [-0.3, -0.25) is 4.79 Å². The van der Waals surface area contributed by atoms with Gasteiger partial charge in [0.05, 0.1) is 0 Å². The van der Waals surface area contributed by atoms with Gasteiger partial charge in [-0.25, -0.2) is 0 Å². The second-order valence-corrected chi connectivity index (χ2v) is 8.52. The van der Waals surface area contributed by atoms with E-state index in [0.29, 0.717) is 17.5 Å². The number of hydrogen-bond acceptors (Lipinski definition) is 6. The van der Waals surface area contributed by atoms with E-state index in [9.17, 15) is 4.79 Å². The molecule has 8 heteroatoms. The largest absolute Gasteiger partial charge is 0.486 e. The van der Waals surface area contributed by atoms with E-state index in [1.807, 2.05) is 24.3 Å². The smallest absolute Gasteiger partial charge is 0.287 e. The lowest BCUT2D eigenvalue weighted by atomic mass is 9.89. The first kappa shape index (κ1) is 20.7. The second-order valence-electron chi connectivity index (χ2n) is 7.60. The molecule has 4 rings (SSSR count). The Morgan fingerprint density at radius 2 is 2.00 bits per heavy atom. The second kappa shape index (κ2) is 9.04. The van der Waals surface area contributed by atoms with Crippen LogP contribution in [0.15, 0.2) is 49.8 Å². The van der Waals surface area contributed by atoms with E-state index in [1.165, 1.54) is 0 Å². The number of amides is 1. The van der Waals surface area contributed by atoms with E-state index in [0.717, 1.165) is 48.7 Å². The van der Waals surface area contributed by atoms with Crippen LogP contribution in [0, 0.1) is 6.92 Å². The molecule has 1 fully saturated rings. The molecule has 1 N–H and O–H groups in total. The molecular weight excluding hydrogens is 450 g/mol. The summed E-state index contributed by atoms with van der Waals surface area (Å²) in [7, 11) is 0. The third-order valence-corrected chi connectivity index (χ3v) is 5.82. The zero-order chi connectivity index (χ0) is 21.0. The molecule has 7 nitrogen and oxygen atoms in total. The number of furan rings is 1. The van der Waals surface area contributed by atoms with Crippen LogP contribution in [0.3, 0.4) is 0 Å². The Morgan fingerprint density at radius 3 is 2.70 bits per heavy atom. The van der Waals surface area contributed by atoms with Gasteiger partial charge >= 0.3 is 0 Å². The highest BCUT2D eigenvalue weighted by molar-refractivity contribution is 9.10. The van der Waals surface area contributed by atoms with Gasteiger partial charge in [0, 0.05) is 11.4 Å². The molecule has 0 saturated heterocycles. The van der Waals surface area contributed by atoms with Crippen LogP contribution < -0.4 is 10.1 Å². The third-order valence-electron chi connectivity index (χ3n) is 5.33. The summed E-state index contributed by atoms with van der Waals surface area (Å²) in [4.78, 5) is 17.4. The fourth-order valence-corrected chi connectivity index (χ4v) is 4.18. The maximum Gasteiger partial charge on any atom is 0.287 e. The first-order valence-electron chi connectivity index (χ1n) is 10.1. The number of benzene rings is 1. The standard InChI is InChI=1S/C22H24BrN3O4/c1-15-24-21(26-30-15)22(11-4-2-3-5-12-22)25-20(27)19-10-9-18(29-19)14-28-17-8-6-7-16(23)13-17/h6-10,13H,2-5,11-12,14H2,1H3,(H,25,27). The Kier molecular flexibility index (Phi) is 6.22. The van der Waals surface area contributed by atoms with Crippen molar-refractivity contribution in [3.63, 3.8) is 0 Å². The lowest BCUT2D eigenvalue weighted by molar-refractivity contribution is 0.0843. The van der Waals surface area contributed by atoms with Gasteiger partial charge in [-0.2, -0.15) is 4.98 Å². The van der Waals surface area contributed by atoms with Crippen molar-refractivity contribution < 1.29 is 18.5 Å². The van der Waals surface area contributed by atoms with Gasteiger partial charge in [-0.1, -0.05) is 52.8 Å². The minimum Gasteiger partial charge on any atom is -0.486 e. The molecule has 0 bridgehead atoms. The Hall–Kier alpha value is -2.61. The number of nitrogens with one attached hydrogen (secondary N) is 1. The van der Waals surface area contributed by atoms with Crippen LogP contribution in [-0.2, 0) is 12.1 Å². The van der Waals surface area contributed by atoms with Gasteiger partial charge in [0.25, 0.3) is 5.91 Å². The fraction of sp³-hybridized carbons (Fsp3) is 0.409. The molecule has 1 amide bonds. The molecule has 1 aromatic carbocycles. The molecule has 1 aliphatic rings. The summed E-state index contributed by atoms with van der Waals surface area (Å²) >= 11 is 3.42. The molecule has 0 unspecified atom stereocenters. The summed E-state index contributed by atoms with van der Waals surface area (Å²) in [6.07, 6.45) is 5.81. The maximum atomic E-state index is 13.0. The average Bonchev–Trinajstić information content (AvgIpc) is 3.32. The molecule has 0 atom stereocenters. The predicted octanol–water partition coefficient (Wildman–Crippen LogP) is 5.29. The highest BCUT2D eigenvalue weighted by Gasteiger charge is 2.39. The number of halogens is 1. The van der Waals surface area contributed by atoms with Gasteiger partial charge < -0.3 is 19.0 Å². The number of aryl methyl sites for hydroxylation is 1. The zero-order valence-corrected chi connectivity index (χ0v) is 18.4. The van der Waals surface area contributed by atoms with Crippen molar-refractivity contribution in [1.29, 1.82) is 0 Å². The van der Waals surface area contributed by atoms with E-state index in [1.54, 1.807) is 19.1 Å². The number of carbonyl (C=O) groups is 1. The predicted molar refractivity (Wildman–Crippen MR) is 113 cm³/mol. The van der Waals surface area contributed by atoms with Crippen LogP contribution in [0.25, 0.3) is 0 Å². The van der Waals surface area contributed by atoms with Crippen molar-refractivity contribution in [1.82, 2.24) is 15.5 Å². The summed E-state index contributed by atoms with van der Waals surface area (Å²) in [5.41, 5.74) is -0.634. The number of rotatable bonds is 6. The molecular formula is C22H24BrN3O4. The van der Waals surface area contributed by atoms with E-state index >= 15 is 0 Å². The van der Waals surface area contributed by atoms with E-state index in [2.05, 4.69) is 31.4 Å². The van der Waals surface area contributed by atoms with Crippen LogP contribution >= 0.6 is 15.9 Å². The molecule has 158 valence electrons. The fourth-order valence-electron chi connectivity index (χ4n) is 3.80. The maximum absolute atomic E-state index is 13.0.